The Bertz CT molecular complexity index is 706. The molecule has 3 rings (SSSR count). The first-order chi connectivity index (χ1) is 11.1. The van der Waals surface area contributed by atoms with E-state index in [0.717, 1.165) is 36.4 Å². The quantitative estimate of drug-likeness (QED) is 0.933. The molecule has 0 fully saturated rings. The highest BCUT2D eigenvalue weighted by Crippen LogP contribution is 2.37. The van der Waals surface area contributed by atoms with Crippen molar-refractivity contribution in [3.63, 3.8) is 0 Å². The maximum Gasteiger partial charge on any atom is 0.126 e. The smallest absolute Gasteiger partial charge is 0.126 e. The molecule has 1 heterocycles. The molecule has 1 aliphatic rings. The van der Waals surface area contributed by atoms with Gasteiger partial charge in [0.15, 0.2) is 0 Å². The summed E-state index contributed by atoms with van der Waals surface area (Å²) in [5.41, 5.74) is 3.44. The Labute approximate surface area is 137 Å². The molecule has 0 aliphatic carbocycles. The van der Waals surface area contributed by atoms with Gasteiger partial charge in [-0.2, -0.15) is 0 Å². The van der Waals surface area contributed by atoms with Crippen molar-refractivity contribution in [1.29, 1.82) is 0 Å². The van der Waals surface area contributed by atoms with Crippen LogP contribution in [-0.2, 0) is 0 Å². The molecule has 0 radical (unpaired) electrons. The first-order valence-electron chi connectivity index (χ1n) is 8.01. The molecule has 0 saturated carbocycles. The number of fused-ring (bicyclic) bond motifs is 1. The van der Waals surface area contributed by atoms with Crippen LogP contribution < -0.4 is 4.74 Å². The van der Waals surface area contributed by atoms with Crippen LogP contribution in [0, 0.1) is 5.92 Å². The molecule has 0 amide bonds. The van der Waals surface area contributed by atoms with E-state index in [4.69, 9.17) is 4.74 Å². The van der Waals surface area contributed by atoms with Crippen molar-refractivity contribution in [2.75, 3.05) is 27.2 Å². The molecule has 0 spiro atoms. The zero-order chi connectivity index (χ0) is 16.2. The van der Waals surface area contributed by atoms with Crippen LogP contribution in [0.25, 0.3) is 11.6 Å². The average molecular weight is 309 g/mol. The van der Waals surface area contributed by atoms with Gasteiger partial charge in [0, 0.05) is 18.0 Å². The summed E-state index contributed by atoms with van der Waals surface area (Å²) in [5, 5.41) is 9.74. The van der Waals surface area contributed by atoms with Gasteiger partial charge < -0.3 is 14.7 Å². The number of rotatable bonds is 3. The largest absolute Gasteiger partial charge is 0.508 e. The van der Waals surface area contributed by atoms with Crippen LogP contribution in [0.1, 0.15) is 17.5 Å². The summed E-state index contributed by atoms with van der Waals surface area (Å²) in [5.74, 6) is 1.64. The molecule has 23 heavy (non-hydrogen) atoms. The van der Waals surface area contributed by atoms with Crippen LogP contribution in [0.4, 0.5) is 0 Å². The van der Waals surface area contributed by atoms with E-state index in [1.165, 1.54) is 5.57 Å². The highest BCUT2D eigenvalue weighted by atomic mass is 16.5. The Morgan fingerprint density at radius 3 is 2.78 bits per heavy atom. The number of nitrogens with zero attached hydrogens (tertiary/aromatic N) is 1. The highest BCUT2D eigenvalue weighted by molar-refractivity contribution is 5.85. The molecule has 3 nitrogen and oxygen atoms in total. The number of para-hydroxylation sites is 1. The lowest BCUT2D eigenvalue weighted by Gasteiger charge is -2.22. The molecule has 1 atom stereocenters. The van der Waals surface area contributed by atoms with Gasteiger partial charge in [-0.25, -0.2) is 0 Å². The Morgan fingerprint density at radius 2 is 2.00 bits per heavy atom. The van der Waals surface area contributed by atoms with E-state index in [1.807, 2.05) is 24.3 Å². The van der Waals surface area contributed by atoms with Gasteiger partial charge in [0.25, 0.3) is 0 Å². The van der Waals surface area contributed by atoms with Crippen LogP contribution >= 0.6 is 0 Å². The molecule has 1 unspecified atom stereocenters. The zero-order valence-electron chi connectivity index (χ0n) is 13.7. The molecule has 0 saturated heterocycles. The number of benzene rings is 2. The number of hydrogen-bond donors (Lipinski definition) is 1. The third-order valence-corrected chi connectivity index (χ3v) is 4.14. The number of phenolic OH excluding ortho intramolecular Hbond substituents is 1. The van der Waals surface area contributed by atoms with Gasteiger partial charge in [0.2, 0.25) is 0 Å². The van der Waals surface area contributed by atoms with Crippen molar-refractivity contribution in [3.05, 3.63) is 59.7 Å². The standard InChI is InChI=1S/C20H23NO2/c1-21(2)14-16-10-11-23-20-9-4-3-8-18(20)19(16)13-15-6-5-7-17(22)12-15/h3-9,12-13,16,22H,10-11,14H2,1-2H3/b19-13+. The van der Waals surface area contributed by atoms with Crippen LogP contribution in [0.3, 0.4) is 0 Å². The van der Waals surface area contributed by atoms with Gasteiger partial charge in [0.1, 0.15) is 11.5 Å². The van der Waals surface area contributed by atoms with Crippen LogP contribution in [0.15, 0.2) is 48.5 Å². The average Bonchev–Trinajstić information content (AvgIpc) is 2.67. The number of hydrogen-bond acceptors (Lipinski definition) is 3. The van der Waals surface area contributed by atoms with Crippen molar-refractivity contribution in [2.24, 2.45) is 5.92 Å². The van der Waals surface area contributed by atoms with Gasteiger partial charge in [-0.15, -0.1) is 0 Å². The van der Waals surface area contributed by atoms with Crippen molar-refractivity contribution in [2.45, 2.75) is 6.42 Å². The van der Waals surface area contributed by atoms with E-state index in [2.05, 4.69) is 37.2 Å². The minimum absolute atomic E-state index is 0.293. The van der Waals surface area contributed by atoms with Gasteiger partial charge in [-0.3, -0.25) is 0 Å². The molecule has 1 N–H and O–H groups in total. The lowest BCUT2D eigenvalue weighted by atomic mass is 9.88. The summed E-state index contributed by atoms with van der Waals surface area (Å²) in [6.07, 6.45) is 3.17. The van der Waals surface area contributed by atoms with Crippen LogP contribution in [0.5, 0.6) is 11.5 Å². The Balaban J connectivity index is 2.08. The van der Waals surface area contributed by atoms with Gasteiger partial charge in [-0.1, -0.05) is 36.4 Å². The maximum absolute atomic E-state index is 9.74. The van der Waals surface area contributed by atoms with Gasteiger partial charge in [-0.05, 0) is 49.9 Å². The van der Waals surface area contributed by atoms with Crippen LogP contribution in [0.2, 0.25) is 0 Å². The molecule has 3 heteroatoms. The van der Waals surface area contributed by atoms with Crippen molar-refractivity contribution < 1.29 is 9.84 Å². The molecule has 2 aromatic rings. The Kier molecular flexibility index (Phi) is 4.68. The highest BCUT2D eigenvalue weighted by Gasteiger charge is 2.23. The predicted molar refractivity (Wildman–Crippen MR) is 94.6 cm³/mol. The molecule has 0 aromatic heterocycles. The van der Waals surface area contributed by atoms with Gasteiger partial charge >= 0.3 is 0 Å². The number of aromatic hydroxyl groups is 1. The molecule has 1 aliphatic heterocycles. The molecular formula is C20H23NO2. The van der Waals surface area contributed by atoms with E-state index in [-0.39, 0.29) is 0 Å². The van der Waals surface area contributed by atoms with Crippen molar-refractivity contribution in [3.8, 4) is 11.5 Å². The summed E-state index contributed by atoms with van der Waals surface area (Å²) < 4.78 is 5.94. The van der Waals surface area contributed by atoms with Crippen LogP contribution in [-0.4, -0.2) is 37.3 Å². The predicted octanol–water partition coefficient (Wildman–Crippen LogP) is 3.89. The third kappa shape index (κ3) is 3.74. The molecule has 2 aromatic carbocycles. The Morgan fingerprint density at radius 1 is 1.17 bits per heavy atom. The van der Waals surface area contributed by atoms with Crippen molar-refractivity contribution >= 4 is 11.6 Å². The molecule has 120 valence electrons. The first-order valence-corrected chi connectivity index (χ1v) is 8.01. The van der Waals surface area contributed by atoms with E-state index >= 15 is 0 Å². The van der Waals surface area contributed by atoms with Crippen molar-refractivity contribution in [1.82, 2.24) is 4.90 Å². The molecular weight excluding hydrogens is 286 g/mol. The van der Waals surface area contributed by atoms with E-state index in [0.29, 0.717) is 11.7 Å². The summed E-state index contributed by atoms with van der Waals surface area (Å²) in [6, 6.07) is 15.6. The van der Waals surface area contributed by atoms with E-state index < -0.39 is 0 Å². The topological polar surface area (TPSA) is 32.7 Å². The fourth-order valence-corrected chi connectivity index (χ4v) is 3.14. The molecule has 0 bridgehead atoms. The fourth-order valence-electron chi connectivity index (χ4n) is 3.14. The van der Waals surface area contributed by atoms with Gasteiger partial charge in [0.05, 0.1) is 6.61 Å². The Hall–Kier alpha value is -2.26. The third-order valence-electron chi connectivity index (χ3n) is 4.14. The summed E-state index contributed by atoms with van der Waals surface area (Å²) in [7, 11) is 4.20. The summed E-state index contributed by atoms with van der Waals surface area (Å²) in [4.78, 5) is 2.22. The number of ether oxygens (including phenoxy) is 1. The number of phenols is 1. The minimum atomic E-state index is 0.293. The fraction of sp³-hybridized carbons (Fsp3) is 0.300. The first kappa shape index (κ1) is 15.6. The van der Waals surface area contributed by atoms with E-state index in [9.17, 15) is 5.11 Å². The minimum Gasteiger partial charge on any atom is -0.508 e. The second-order valence-corrected chi connectivity index (χ2v) is 6.29. The normalized spacial score (nSPS) is 19.3. The second-order valence-electron chi connectivity index (χ2n) is 6.29. The van der Waals surface area contributed by atoms with E-state index in [1.54, 1.807) is 12.1 Å². The maximum atomic E-state index is 9.74. The summed E-state index contributed by atoms with van der Waals surface area (Å²) in [6.45, 7) is 1.70. The monoisotopic (exact) mass is 309 g/mol. The lowest BCUT2D eigenvalue weighted by Crippen LogP contribution is -2.23. The zero-order valence-corrected chi connectivity index (χ0v) is 13.7. The SMILES string of the molecule is CN(C)CC1CCOc2ccccc2/C1=C/c1cccc(O)c1. The lowest BCUT2D eigenvalue weighted by molar-refractivity contribution is 0.279. The summed E-state index contributed by atoms with van der Waals surface area (Å²) >= 11 is 0. The second kappa shape index (κ2) is 6.88.